The van der Waals surface area contributed by atoms with Crippen molar-refractivity contribution >= 4 is 11.6 Å². The van der Waals surface area contributed by atoms with Crippen molar-refractivity contribution in [1.82, 2.24) is 9.55 Å². The summed E-state index contributed by atoms with van der Waals surface area (Å²) in [5.74, 6) is 0.935. The van der Waals surface area contributed by atoms with Crippen molar-refractivity contribution in [2.45, 2.75) is 25.2 Å². The molecule has 4 heteroatoms. The van der Waals surface area contributed by atoms with E-state index in [1.54, 1.807) is 6.20 Å². The number of halogens is 1. The van der Waals surface area contributed by atoms with Gasteiger partial charge in [-0.15, -0.1) is 0 Å². The molecule has 0 saturated heterocycles. The van der Waals surface area contributed by atoms with Crippen LogP contribution in [-0.2, 0) is 5.41 Å². The molecule has 18 heavy (non-hydrogen) atoms. The van der Waals surface area contributed by atoms with E-state index >= 15 is 0 Å². The molecule has 0 amide bonds. The van der Waals surface area contributed by atoms with E-state index in [2.05, 4.69) is 23.2 Å². The average molecular weight is 262 g/mol. The Morgan fingerprint density at radius 2 is 2.22 bits per heavy atom. The van der Waals surface area contributed by atoms with Gasteiger partial charge in [0.25, 0.3) is 0 Å². The van der Waals surface area contributed by atoms with Crippen molar-refractivity contribution in [3.05, 3.63) is 47.0 Å². The zero-order chi connectivity index (χ0) is 12.8. The van der Waals surface area contributed by atoms with Crippen molar-refractivity contribution in [3.8, 4) is 5.69 Å². The van der Waals surface area contributed by atoms with Crippen LogP contribution in [-0.4, -0.2) is 16.1 Å². The van der Waals surface area contributed by atoms with E-state index in [1.807, 2.05) is 17.7 Å². The highest BCUT2D eigenvalue weighted by Gasteiger charge is 2.42. The molecule has 0 bridgehead atoms. The molecule has 1 aromatic heterocycles. The Morgan fingerprint density at radius 1 is 1.44 bits per heavy atom. The number of aromatic nitrogens is 2. The fourth-order valence-corrected chi connectivity index (χ4v) is 2.70. The highest BCUT2D eigenvalue weighted by atomic mass is 35.5. The van der Waals surface area contributed by atoms with Crippen LogP contribution in [0, 0.1) is 6.92 Å². The normalized spacial score (nSPS) is 16.8. The van der Waals surface area contributed by atoms with Gasteiger partial charge in [-0.2, -0.15) is 0 Å². The molecule has 1 fully saturated rings. The summed E-state index contributed by atoms with van der Waals surface area (Å²) in [6.07, 6.45) is 6.04. The summed E-state index contributed by atoms with van der Waals surface area (Å²) >= 11 is 6.39. The van der Waals surface area contributed by atoms with E-state index in [-0.39, 0.29) is 5.41 Å². The van der Waals surface area contributed by atoms with E-state index in [4.69, 9.17) is 17.3 Å². The van der Waals surface area contributed by atoms with E-state index in [9.17, 15) is 0 Å². The van der Waals surface area contributed by atoms with Crippen LogP contribution in [0.3, 0.4) is 0 Å². The first kappa shape index (κ1) is 11.8. The Labute approximate surface area is 112 Å². The van der Waals surface area contributed by atoms with Crippen LogP contribution in [0.2, 0.25) is 5.02 Å². The second-order valence-corrected chi connectivity index (χ2v) is 5.40. The Hall–Kier alpha value is -1.32. The predicted octanol–water partition coefficient (Wildman–Crippen LogP) is 2.82. The zero-order valence-electron chi connectivity index (χ0n) is 10.4. The van der Waals surface area contributed by atoms with Gasteiger partial charge in [0, 0.05) is 24.4 Å². The molecule has 1 aliphatic carbocycles. The molecule has 3 rings (SSSR count). The SMILES string of the molecule is Cc1nccn1-c1ccc(C2(CN)CC2)cc1Cl. The minimum Gasteiger partial charge on any atom is -0.330 e. The first-order chi connectivity index (χ1) is 8.66. The summed E-state index contributed by atoms with van der Waals surface area (Å²) in [4.78, 5) is 4.22. The number of benzene rings is 1. The Balaban J connectivity index is 2.03. The first-order valence-corrected chi connectivity index (χ1v) is 6.54. The lowest BCUT2D eigenvalue weighted by atomic mass is 9.96. The lowest BCUT2D eigenvalue weighted by Crippen LogP contribution is -2.19. The molecular weight excluding hydrogens is 246 g/mol. The number of rotatable bonds is 3. The molecule has 2 N–H and O–H groups in total. The van der Waals surface area contributed by atoms with Gasteiger partial charge < -0.3 is 10.3 Å². The molecule has 0 aliphatic heterocycles. The van der Waals surface area contributed by atoms with E-state index in [0.29, 0.717) is 6.54 Å². The van der Waals surface area contributed by atoms with Gasteiger partial charge in [0.1, 0.15) is 5.82 Å². The second kappa shape index (κ2) is 4.11. The lowest BCUT2D eigenvalue weighted by molar-refractivity contribution is 0.704. The largest absolute Gasteiger partial charge is 0.330 e. The number of aryl methyl sites for hydroxylation is 1. The van der Waals surface area contributed by atoms with Gasteiger partial charge >= 0.3 is 0 Å². The van der Waals surface area contributed by atoms with Gasteiger partial charge in [0.05, 0.1) is 10.7 Å². The monoisotopic (exact) mass is 261 g/mol. The minimum absolute atomic E-state index is 0.187. The third-order valence-corrected chi connectivity index (χ3v) is 4.19. The third kappa shape index (κ3) is 1.74. The van der Waals surface area contributed by atoms with Gasteiger partial charge in [-0.3, -0.25) is 0 Å². The summed E-state index contributed by atoms with van der Waals surface area (Å²) in [7, 11) is 0. The smallest absolute Gasteiger partial charge is 0.110 e. The second-order valence-electron chi connectivity index (χ2n) is 5.00. The summed E-state index contributed by atoms with van der Waals surface area (Å²) in [6, 6.07) is 6.25. The van der Waals surface area contributed by atoms with Gasteiger partial charge in [0.15, 0.2) is 0 Å². The summed E-state index contributed by atoms with van der Waals surface area (Å²) in [5, 5.41) is 0.758. The molecule has 1 aliphatic rings. The van der Waals surface area contributed by atoms with Crippen molar-refractivity contribution < 1.29 is 0 Å². The van der Waals surface area contributed by atoms with Gasteiger partial charge in [-0.1, -0.05) is 17.7 Å². The molecule has 94 valence electrons. The maximum atomic E-state index is 6.39. The van der Waals surface area contributed by atoms with Crippen LogP contribution >= 0.6 is 11.6 Å². The third-order valence-electron chi connectivity index (χ3n) is 3.89. The average Bonchev–Trinajstić information content (AvgIpc) is 3.07. The van der Waals surface area contributed by atoms with Crippen LogP contribution < -0.4 is 5.73 Å². The Bertz CT molecular complexity index is 584. The van der Waals surface area contributed by atoms with E-state index < -0.39 is 0 Å². The number of nitrogens with two attached hydrogens (primary N) is 1. The molecular formula is C14H16ClN3. The van der Waals surface area contributed by atoms with Crippen LogP contribution in [0.5, 0.6) is 0 Å². The van der Waals surface area contributed by atoms with Gasteiger partial charge in [-0.05, 0) is 37.5 Å². The molecule has 0 spiro atoms. The van der Waals surface area contributed by atoms with Gasteiger partial charge in [0.2, 0.25) is 0 Å². The summed E-state index contributed by atoms with van der Waals surface area (Å²) in [6.45, 7) is 2.67. The zero-order valence-corrected chi connectivity index (χ0v) is 11.1. The molecule has 3 nitrogen and oxygen atoms in total. The van der Waals surface area contributed by atoms with E-state index in [1.165, 1.54) is 18.4 Å². The number of imidazole rings is 1. The van der Waals surface area contributed by atoms with Crippen molar-refractivity contribution in [1.29, 1.82) is 0 Å². The van der Waals surface area contributed by atoms with Crippen LogP contribution in [0.25, 0.3) is 5.69 Å². The quantitative estimate of drug-likeness (QED) is 0.923. The number of nitrogens with zero attached hydrogens (tertiary/aromatic N) is 2. The molecule has 1 heterocycles. The maximum absolute atomic E-state index is 6.39. The summed E-state index contributed by atoms with van der Waals surface area (Å²) < 4.78 is 1.99. The van der Waals surface area contributed by atoms with Crippen molar-refractivity contribution in [3.63, 3.8) is 0 Å². The van der Waals surface area contributed by atoms with E-state index in [0.717, 1.165) is 16.5 Å². The van der Waals surface area contributed by atoms with Crippen molar-refractivity contribution in [2.75, 3.05) is 6.54 Å². The molecule has 2 aromatic rings. The van der Waals surface area contributed by atoms with Crippen molar-refractivity contribution in [2.24, 2.45) is 5.73 Å². The highest BCUT2D eigenvalue weighted by molar-refractivity contribution is 6.32. The fourth-order valence-electron chi connectivity index (χ4n) is 2.43. The topological polar surface area (TPSA) is 43.8 Å². The predicted molar refractivity (Wildman–Crippen MR) is 73.3 cm³/mol. The highest BCUT2D eigenvalue weighted by Crippen LogP contribution is 2.48. The fraction of sp³-hybridized carbons (Fsp3) is 0.357. The number of hydrogen-bond acceptors (Lipinski definition) is 2. The van der Waals surface area contributed by atoms with Crippen LogP contribution in [0.4, 0.5) is 0 Å². The maximum Gasteiger partial charge on any atom is 0.110 e. The molecule has 0 unspecified atom stereocenters. The molecule has 1 saturated carbocycles. The van der Waals surface area contributed by atoms with Crippen LogP contribution in [0.15, 0.2) is 30.6 Å². The molecule has 0 atom stereocenters. The van der Waals surface area contributed by atoms with Crippen LogP contribution in [0.1, 0.15) is 24.2 Å². The first-order valence-electron chi connectivity index (χ1n) is 6.17. The summed E-state index contributed by atoms with van der Waals surface area (Å²) in [5.41, 5.74) is 8.27. The standard InChI is InChI=1S/C14H16ClN3/c1-10-17-6-7-18(10)13-3-2-11(8-12(13)15)14(9-16)4-5-14/h2-3,6-8H,4-5,9,16H2,1H3. The molecule has 1 aromatic carbocycles. The number of hydrogen-bond donors (Lipinski definition) is 1. The minimum atomic E-state index is 0.187. The Morgan fingerprint density at radius 3 is 2.72 bits per heavy atom. The molecule has 0 radical (unpaired) electrons. The van der Waals surface area contributed by atoms with Gasteiger partial charge in [-0.25, -0.2) is 4.98 Å². The Kier molecular flexibility index (Phi) is 2.68. The lowest BCUT2D eigenvalue weighted by Gasteiger charge is -2.15.